The van der Waals surface area contributed by atoms with Gasteiger partial charge in [0.2, 0.25) is 0 Å². The van der Waals surface area contributed by atoms with E-state index >= 15 is 0 Å². The minimum atomic E-state index is -0.324. The number of rotatable bonds is 6. The maximum Gasteiger partial charge on any atom is 0.253 e. The number of aromatic nitrogens is 4. The number of pyridine rings is 2. The Morgan fingerprint density at radius 1 is 1.00 bits per heavy atom. The molecule has 8 nitrogen and oxygen atoms in total. The van der Waals surface area contributed by atoms with E-state index < -0.39 is 0 Å². The number of amides is 1. The number of benzene rings is 1. The van der Waals surface area contributed by atoms with Crippen molar-refractivity contribution in [2.24, 2.45) is 0 Å². The second-order valence-electron chi connectivity index (χ2n) is 8.48. The number of methoxy groups -OCH3 is 1. The highest BCUT2D eigenvalue weighted by Crippen LogP contribution is 2.29. The van der Waals surface area contributed by atoms with Crippen molar-refractivity contribution in [2.75, 3.05) is 25.1 Å². The molecule has 3 aromatic heterocycles. The van der Waals surface area contributed by atoms with Gasteiger partial charge in [-0.3, -0.25) is 14.8 Å². The van der Waals surface area contributed by atoms with Crippen molar-refractivity contribution in [3.63, 3.8) is 0 Å². The number of ether oxygens (including phenoxy) is 1. The molecule has 0 saturated carbocycles. The molecule has 1 fully saturated rings. The monoisotopic (exact) mass is 484 g/mol. The normalized spacial score (nSPS) is 13.9. The Balaban J connectivity index is 1.22. The van der Waals surface area contributed by atoms with Gasteiger partial charge < -0.3 is 15.0 Å². The zero-order valence-corrected chi connectivity index (χ0v) is 19.8. The fourth-order valence-corrected chi connectivity index (χ4v) is 4.20. The van der Waals surface area contributed by atoms with Crippen LogP contribution < -0.4 is 15.0 Å². The molecule has 9 heteroatoms. The van der Waals surface area contributed by atoms with Crippen LogP contribution in [0.1, 0.15) is 23.2 Å². The van der Waals surface area contributed by atoms with Crippen molar-refractivity contribution < 1.29 is 13.9 Å². The standard InChI is InChI=1S/C27H25FN6O2/c1-36-24-17-31-25(23-7-2-3-12-29-23)33-26(24)34-13-10-21(11-14-34)32-27(35)19-8-9-22(30-16-19)18-5-4-6-20(28)15-18/h2-9,12,15-17,21H,10-11,13-14H2,1H3,(H,32,35). The van der Waals surface area contributed by atoms with Gasteiger partial charge in [0.15, 0.2) is 17.4 Å². The number of anilines is 1. The van der Waals surface area contributed by atoms with Gasteiger partial charge in [-0.15, -0.1) is 0 Å². The van der Waals surface area contributed by atoms with Gasteiger partial charge in [0.25, 0.3) is 5.91 Å². The van der Waals surface area contributed by atoms with Crippen molar-refractivity contribution >= 4 is 11.7 Å². The van der Waals surface area contributed by atoms with Crippen LogP contribution in [0.25, 0.3) is 22.8 Å². The molecule has 0 aliphatic carbocycles. The van der Waals surface area contributed by atoms with Crippen LogP contribution in [0.3, 0.4) is 0 Å². The molecule has 36 heavy (non-hydrogen) atoms. The topological polar surface area (TPSA) is 93.1 Å². The molecule has 4 aromatic rings. The lowest BCUT2D eigenvalue weighted by Gasteiger charge is -2.33. The fourth-order valence-electron chi connectivity index (χ4n) is 4.20. The van der Waals surface area contributed by atoms with E-state index in [9.17, 15) is 9.18 Å². The van der Waals surface area contributed by atoms with Crippen LogP contribution in [0.4, 0.5) is 10.2 Å². The molecular weight excluding hydrogens is 459 g/mol. The number of hydrogen-bond donors (Lipinski definition) is 1. The Kier molecular flexibility index (Phi) is 6.79. The first-order valence-electron chi connectivity index (χ1n) is 11.7. The van der Waals surface area contributed by atoms with Crippen molar-refractivity contribution in [3.8, 4) is 28.5 Å². The molecule has 1 aromatic carbocycles. The van der Waals surface area contributed by atoms with Gasteiger partial charge in [-0.25, -0.2) is 14.4 Å². The van der Waals surface area contributed by atoms with Gasteiger partial charge in [0, 0.05) is 37.1 Å². The Hall–Kier alpha value is -4.40. The van der Waals surface area contributed by atoms with Gasteiger partial charge in [0.1, 0.15) is 11.5 Å². The lowest BCUT2D eigenvalue weighted by atomic mass is 10.0. The summed E-state index contributed by atoms with van der Waals surface area (Å²) in [6, 6.07) is 15.3. The number of piperidine rings is 1. The Labute approximate surface area is 208 Å². The van der Waals surface area contributed by atoms with Crippen LogP contribution in [-0.4, -0.2) is 52.1 Å². The van der Waals surface area contributed by atoms with Crippen molar-refractivity contribution in [1.82, 2.24) is 25.3 Å². The van der Waals surface area contributed by atoms with Crippen LogP contribution >= 0.6 is 0 Å². The summed E-state index contributed by atoms with van der Waals surface area (Å²) in [6.45, 7) is 1.41. The molecule has 1 N–H and O–H groups in total. The molecule has 0 unspecified atom stereocenters. The number of nitrogens with zero attached hydrogens (tertiary/aromatic N) is 5. The molecule has 0 bridgehead atoms. The predicted octanol–water partition coefficient (Wildman–Crippen LogP) is 4.15. The lowest BCUT2D eigenvalue weighted by molar-refractivity contribution is 0.0930. The fraction of sp³-hybridized carbons (Fsp3) is 0.222. The van der Waals surface area contributed by atoms with E-state index in [0.29, 0.717) is 47.2 Å². The molecule has 1 aliphatic rings. The molecule has 1 amide bonds. The molecule has 5 rings (SSSR count). The lowest BCUT2D eigenvalue weighted by Crippen LogP contribution is -2.45. The summed E-state index contributed by atoms with van der Waals surface area (Å²) in [5, 5.41) is 3.10. The molecule has 0 atom stereocenters. The quantitative estimate of drug-likeness (QED) is 0.440. The van der Waals surface area contributed by atoms with Crippen LogP contribution in [0.15, 0.2) is 73.2 Å². The number of carbonyl (C=O) groups is 1. The maximum atomic E-state index is 13.5. The first-order valence-corrected chi connectivity index (χ1v) is 11.7. The summed E-state index contributed by atoms with van der Waals surface area (Å²) < 4.78 is 19.0. The van der Waals surface area contributed by atoms with Crippen LogP contribution in [0, 0.1) is 5.82 Å². The van der Waals surface area contributed by atoms with E-state index in [0.717, 1.165) is 18.7 Å². The Bertz CT molecular complexity index is 1340. The summed E-state index contributed by atoms with van der Waals surface area (Å²) in [4.78, 5) is 32.7. The largest absolute Gasteiger partial charge is 0.491 e. The van der Waals surface area contributed by atoms with E-state index in [1.165, 1.54) is 18.3 Å². The van der Waals surface area contributed by atoms with Crippen molar-refractivity contribution in [2.45, 2.75) is 18.9 Å². The highest BCUT2D eigenvalue weighted by atomic mass is 19.1. The summed E-state index contributed by atoms with van der Waals surface area (Å²) in [6.07, 6.45) is 6.41. The van der Waals surface area contributed by atoms with E-state index in [1.54, 1.807) is 43.8 Å². The molecule has 1 aliphatic heterocycles. The van der Waals surface area contributed by atoms with E-state index in [2.05, 4.69) is 25.2 Å². The minimum Gasteiger partial charge on any atom is -0.491 e. The van der Waals surface area contributed by atoms with Gasteiger partial charge in [-0.1, -0.05) is 18.2 Å². The highest BCUT2D eigenvalue weighted by Gasteiger charge is 2.25. The van der Waals surface area contributed by atoms with Gasteiger partial charge in [-0.2, -0.15) is 0 Å². The minimum absolute atomic E-state index is 0.0275. The summed E-state index contributed by atoms with van der Waals surface area (Å²) in [5.74, 6) is 1.35. The van der Waals surface area contributed by atoms with Crippen LogP contribution in [0.5, 0.6) is 5.75 Å². The first-order chi connectivity index (χ1) is 17.6. The third-order valence-electron chi connectivity index (χ3n) is 6.13. The van der Waals surface area contributed by atoms with Crippen molar-refractivity contribution in [3.05, 3.63) is 84.6 Å². The van der Waals surface area contributed by atoms with E-state index in [1.807, 2.05) is 18.2 Å². The second kappa shape index (κ2) is 10.5. The third kappa shape index (κ3) is 5.14. The second-order valence-corrected chi connectivity index (χ2v) is 8.48. The SMILES string of the molecule is COc1cnc(-c2ccccn2)nc1N1CCC(NC(=O)c2ccc(-c3cccc(F)c3)nc2)CC1. The Morgan fingerprint density at radius 3 is 2.56 bits per heavy atom. The summed E-state index contributed by atoms with van der Waals surface area (Å²) in [7, 11) is 1.60. The van der Waals surface area contributed by atoms with E-state index in [4.69, 9.17) is 9.72 Å². The smallest absolute Gasteiger partial charge is 0.253 e. The van der Waals surface area contributed by atoms with Crippen LogP contribution in [-0.2, 0) is 0 Å². The highest BCUT2D eigenvalue weighted by molar-refractivity contribution is 5.94. The van der Waals surface area contributed by atoms with Crippen molar-refractivity contribution in [1.29, 1.82) is 0 Å². The predicted molar refractivity (Wildman–Crippen MR) is 134 cm³/mol. The average molecular weight is 485 g/mol. The van der Waals surface area contributed by atoms with Gasteiger partial charge in [-0.05, 0) is 49.2 Å². The Morgan fingerprint density at radius 2 is 1.86 bits per heavy atom. The molecule has 0 spiro atoms. The average Bonchev–Trinajstić information content (AvgIpc) is 2.94. The van der Waals surface area contributed by atoms with Gasteiger partial charge in [0.05, 0.1) is 24.6 Å². The number of carbonyl (C=O) groups excluding carboxylic acids is 1. The van der Waals surface area contributed by atoms with Crippen LogP contribution in [0.2, 0.25) is 0 Å². The summed E-state index contributed by atoms with van der Waals surface area (Å²) in [5.41, 5.74) is 2.44. The number of nitrogens with one attached hydrogen (secondary N) is 1. The zero-order valence-electron chi connectivity index (χ0n) is 19.8. The maximum absolute atomic E-state index is 13.5. The molecule has 182 valence electrons. The molecule has 1 saturated heterocycles. The molecule has 4 heterocycles. The first kappa shape index (κ1) is 23.3. The molecular formula is C27H25FN6O2. The number of halogens is 1. The van der Waals surface area contributed by atoms with E-state index in [-0.39, 0.29) is 17.8 Å². The number of hydrogen-bond acceptors (Lipinski definition) is 7. The molecule has 0 radical (unpaired) electrons. The zero-order chi connectivity index (χ0) is 24.9. The van der Waals surface area contributed by atoms with Gasteiger partial charge >= 0.3 is 0 Å². The third-order valence-corrected chi connectivity index (χ3v) is 6.13. The summed E-state index contributed by atoms with van der Waals surface area (Å²) >= 11 is 0.